The summed E-state index contributed by atoms with van der Waals surface area (Å²) in [5.41, 5.74) is 0.639. The van der Waals surface area contributed by atoms with Crippen molar-refractivity contribution in [3.8, 4) is 0 Å². The van der Waals surface area contributed by atoms with Crippen LogP contribution >= 0.6 is 0 Å². The van der Waals surface area contributed by atoms with E-state index in [1.54, 1.807) is 12.1 Å². The number of alkyl halides is 3. The third-order valence-electron chi connectivity index (χ3n) is 3.56. The van der Waals surface area contributed by atoms with E-state index in [9.17, 15) is 27.2 Å². The van der Waals surface area contributed by atoms with E-state index in [2.05, 4.69) is 4.74 Å². The van der Waals surface area contributed by atoms with Crippen molar-refractivity contribution in [2.45, 2.75) is 25.1 Å². The fourth-order valence-electron chi connectivity index (χ4n) is 2.57. The van der Waals surface area contributed by atoms with Gasteiger partial charge in [0.1, 0.15) is 12.4 Å². The van der Waals surface area contributed by atoms with E-state index in [0.717, 1.165) is 0 Å². The fourth-order valence-corrected chi connectivity index (χ4v) is 2.57. The summed E-state index contributed by atoms with van der Waals surface area (Å²) in [7, 11) is 0. The molecule has 132 valence electrons. The summed E-state index contributed by atoms with van der Waals surface area (Å²) in [6.45, 7) is -1.77. The van der Waals surface area contributed by atoms with Crippen molar-refractivity contribution in [3.05, 3.63) is 35.6 Å². The van der Waals surface area contributed by atoms with Gasteiger partial charge in [0.2, 0.25) is 5.91 Å². The van der Waals surface area contributed by atoms with E-state index >= 15 is 0 Å². The number of likely N-dealkylation sites (tertiary alicyclic amines) is 1. The number of benzene rings is 1. The molecule has 2 rings (SSSR count). The number of ether oxygens (including phenoxy) is 1. The Morgan fingerprint density at radius 2 is 2.08 bits per heavy atom. The van der Waals surface area contributed by atoms with E-state index in [1.807, 2.05) is 5.32 Å². The van der Waals surface area contributed by atoms with Crippen LogP contribution in [0.3, 0.4) is 0 Å². The highest BCUT2D eigenvalue weighted by atomic mass is 19.4. The molecule has 1 aromatic rings. The van der Waals surface area contributed by atoms with Crippen molar-refractivity contribution in [2.24, 2.45) is 0 Å². The lowest BCUT2D eigenvalue weighted by molar-refractivity contribution is -0.160. The Balaban J connectivity index is 1.88. The number of alkyl carbamates (subject to hydrolysis) is 1. The zero-order valence-corrected chi connectivity index (χ0v) is 12.6. The molecule has 0 spiro atoms. The maximum atomic E-state index is 13.3. The molecule has 1 N–H and O–H groups in total. The highest BCUT2D eigenvalue weighted by Gasteiger charge is 2.31. The predicted molar refractivity (Wildman–Crippen MR) is 75.5 cm³/mol. The number of halogens is 4. The Hall–Kier alpha value is -2.32. The van der Waals surface area contributed by atoms with Crippen LogP contribution in [0.2, 0.25) is 0 Å². The molecule has 1 saturated heterocycles. The minimum Gasteiger partial charge on any atom is -0.440 e. The third kappa shape index (κ3) is 5.10. The Bertz CT molecular complexity index is 607. The smallest absolute Gasteiger partial charge is 0.422 e. The van der Waals surface area contributed by atoms with Crippen molar-refractivity contribution >= 4 is 12.0 Å². The first-order valence-electron chi connectivity index (χ1n) is 7.28. The predicted octanol–water partition coefficient (Wildman–Crippen LogP) is 2.78. The Morgan fingerprint density at radius 1 is 1.33 bits per heavy atom. The lowest BCUT2D eigenvalue weighted by atomic mass is 10.0. The highest BCUT2D eigenvalue weighted by Crippen LogP contribution is 2.32. The first kappa shape index (κ1) is 18.0. The second-order valence-corrected chi connectivity index (χ2v) is 5.35. The van der Waals surface area contributed by atoms with Gasteiger partial charge in [-0.25, -0.2) is 9.18 Å². The molecule has 0 unspecified atom stereocenters. The molecule has 1 aliphatic rings. The summed E-state index contributed by atoms with van der Waals surface area (Å²) >= 11 is 0. The molecular weight excluding hydrogens is 332 g/mol. The van der Waals surface area contributed by atoms with Crippen LogP contribution in [-0.2, 0) is 9.53 Å². The quantitative estimate of drug-likeness (QED) is 0.852. The number of nitrogens with zero attached hydrogens (tertiary/aromatic N) is 1. The first-order valence-corrected chi connectivity index (χ1v) is 7.28. The van der Waals surface area contributed by atoms with Gasteiger partial charge < -0.3 is 15.0 Å². The van der Waals surface area contributed by atoms with E-state index in [1.165, 1.54) is 17.0 Å². The fraction of sp³-hybridized carbons (Fsp3) is 0.467. The van der Waals surface area contributed by atoms with E-state index in [-0.39, 0.29) is 6.04 Å². The molecule has 0 aliphatic carbocycles. The maximum absolute atomic E-state index is 13.3. The zero-order chi connectivity index (χ0) is 17.7. The van der Waals surface area contributed by atoms with Gasteiger partial charge in [0.05, 0.1) is 6.04 Å². The summed E-state index contributed by atoms with van der Waals surface area (Å²) in [5, 5.41) is 1.99. The molecule has 1 aliphatic heterocycles. The van der Waals surface area contributed by atoms with Crippen LogP contribution in [0.1, 0.15) is 24.4 Å². The molecule has 1 heterocycles. The average Bonchev–Trinajstić information content (AvgIpc) is 2.99. The minimum atomic E-state index is -4.63. The van der Waals surface area contributed by atoms with Gasteiger partial charge in [0, 0.05) is 6.54 Å². The van der Waals surface area contributed by atoms with Crippen molar-refractivity contribution in [2.75, 3.05) is 19.7 Å². The lowest BCUT2D eigenvalue weighted by Crippen LogP contribution is -2.40. The highest BCUT2D eigenvalue weighted by molar-refractivity contribution is 5.82. The summed E-state index contributed by atoms with van der Waals surface area (Å²) in [4.78, 5) is 24.8. The molecular formula is C15H16F4N2O3. The molecule has 5 nitrogen and oxygen atoms in total. The Kier molecular flexibility index (Phi) is 5.63. The van der Waals surface area contributed by atoms with Crippen LogP contribution in [-0.4, -0.2) is 42.8 Å². The Morgan fingerprint density at radius 3 is 2.75 bits per heavy atom. The molecule has 24 heavy (non-hydrogen) atoms. The Labute approximate surface area is 135 Å². The molecule has 1 atom stereocenters. The summed E-state index contributed by atoms with van der Waals surface area (Å²) in [5.74, 6) is -0.883. The van der Waals surface area contributed by atoms with Crippen LogP contribution in [0.15, 0.2) is 24.3 Å². The molecule has 9 heteroatoms. The summed E-state index contributed by atoms with van der Waals surface area (Å²) in [6.07, 6.45) is -4.58. The first-order chi connectivity index (χ1) is 11.3. The molecule has 0 saturated carbocycles. The standard InChI is InChI=1S/C15H16F4N2O3/c16-11-4-1-3-10(7-11)12-5-2-6-21(12)13(22)8-20-14(23)24-9-15(17,18)19/h1,3-4,7,12H,2,5-6,8-9H2,(H,20,23)/t12-/m1/s1. The van der Waals surface area contributed by atoms with Crippen LogP contribution in [0.25, 0.3) is 0 Å². The van der Waals surface area contributed by atoms with Crippen LogP contribution in [0, 0.1) is 5.82 Å². The molecule has 2 amide bonds. The van der Waals surface area contributed by atoms with Crippen LogP contribution in [0.5, 0.6) is 0 Å². The number of hydrogen-bond donors (Lipinski definition) is 1. The monoisotopic (exact) mass is 348 g/mol. The number of amides is 2. The van der Waals surface area contributed by atoms with Crippen molar-refractivity contribution in [1.29, 1.82) is 0 Å². The van der Waals surface area contributed by atoms with Crippen molar-refractivity contribution < 1.29 is 31.9 Å². The van der Waals surface area contributed by atoms with Crippen LogP contribution < -0.4 is 5.32 Å². The number of hydrogen-bond acceptors (Lipinski definition) is 3. The normalized spacial score (nSPS) is 17.7. The molecule has 1 aromatic carbocycles. The summed E-state index contributed by atoms with van der Waals surface area (Å²) < 4.78 is 53.0. The number of rotatable bonds is 4. The average molecular weight is 348 g/mol. The second-order valence-electron chi connectivity index (χ2n) is 5.35. The minimum absolute atomic E-state index is 0.318. The lowest BCUT2D eigenvalue weighted by Gasteiger charge is -2.25. The SMILES string of the molecule is O=C(NCC(=O)N1CCC[C@@H]1c1cccc(F)c1)OCC(F)(F)F. The van der Waals surface area contributed by atoms with E-state index < -0.39 is 37.1 Å². The van der Waals surface area contributed by atoms with Gasteiger partial charge in [-0.3, -0.25) is 4.79 Å². The largest absolute Gasteiger partial charge is 0.440 e. The molecule has 0 aromatic heterocycles. The van der Waals surface area contributed by atoms with Gasteiger partial charge in [0.15, 0.2) is 6.61 Å². The van der Waals surface area contributed by atoms with Crippen LogP contribution in [0.4, 0.5) is 22.4 Å². The molecule has 0 radical (unpaired) electrons. The molecule has 0 bridgehead atoms. The van der Waals surface area contributed by atoms with Gasteiger partial charge >= 0.3 is 12.3 Å². The third-order valence-corrected chi connectivity index (χ3v) is 3.56. The number of carbonyl (C=O) groups is 2. The van der Waals surface area contributed by atoms with Gasteiger partial charge in [-0.2, -0.15) is 13.2 Å². The number of nitrogens with one attached hydrogen (secondary N) is 1. The van der Waals surface area contributed by atoms with Crippen molar-refractivity contribution in [3.63, 3.8) is 0 Å². The summed E-state index contributed by atoms with van der Waals surface area (Å²) in [6, 6.07) is 5.55. The van der Waals surface area contributed by atoms with Gasteiger partial charge in [-0.15, -0.1) is 0 Å². The molecule has 1 fully saturated rings. The topological polar surface area (TPSA) is 58.6 Å². The maximum Gasteiger partial charge on any atom is 0.422 e. The van der Waals surface area contributed by atoms with E-state index in [4.69, 9.17) is 0 Å². The van der Waals surface area contributed by atoms with Gasteiger partial charge in [-0.1, -0.05) is 12.1 Å². The second kappa shape index (κ2) is 7.50. The van der Waals surface area contributed by atoms with Crippen molar-refractivity contribution in [1.82, 2.24) is 10.2 Å². The zero-order valence-electron chi connectivity index (χ0n) is 12.6. The van der Waals surface area contributed by atoms with E-state index in [0.29, 0.717) is 24.9 Å². The van der Waals surface area contributed by atoms with Gasteiger partial charge in [0.25, 0.3) is 0 Å². The van der Waals surface area contributed by atoms with Gasteiger partial charge in [-0.05, 0) is 30.5 Å². The number of carbonyl (C=O) groups excluding carboxylic acids is 2.